The molecule has 0 aliphatic carbocycles. The van der Waals surface area contributed by atoms with Crippen LogP contribution >= 0.6 is 11.8 Å². The van der Waals surface area contributed by atoms with Crippen LogP contribution in [-0.2, 0) is 35.2 Å². The molecule has 2 aromatic rings. The quantitative estimate of drug-likeness (QED) is 0.672. The molecule has 3 rings (SSSR count). The van der Waals surface area contributed by atoms with Gasteiger partial charge in [-0.2, -0.15) is 13.2 Å². The molecule has 10 heteroatoms. The lowest BCUT2D eigenvalue weighted by Crippen LogP contribution is -2.26. The molecule has 2 aromatic carbocycles. The molecule has 31 heavy (non-hydrogen) atoms. The van der Waals surface area contributed by atoms with Gasteiger partial charge in [-0.3, -0.25) is 19.7 Å². The summed E-state index contributed by atoms with van der Waals surface area (Å²) >= 11 is 0.926. The zero-order valence-corrected chi connectivity index (χ0v) is 17.2. The van der Waals surface area contributed by atoms with Crippen molar-refractivity contribution in [3.8, 4) is 5.75 Å². The first kappa shape index (κ1) is 22.7. The van der Waals surface area contributed by atoms with E-state index in [0.717, 1.165) is 29.5 Å². The van der Waals surface area contributed by atoms with Gasteiger partial charge in [0.2, 0.25) is 11.8 Å². The Labute approximate surface area is 180 Å². The van der Waals surface area contributed by atoms with E-state index in [2.05, 4.69) is 10.6 Å². The number of rotatable bonds is 7. The van der Waals surface area contributed by atoms with Gasteiger partial charge < -0.3 is 10.1 Å². The lowest BCUT2D eigenvalue weighted by molar-refractivity contribution is -0.137. The molecule has 1 fully saturated rings. The Morgan fingerprint density at radius 1 is 1.13 bits per heavy atom. The van der Waals surface area contributed by atoms with Crippen LogP contribution in [0, 0.1) is 0 Å². The Balaban J connectivity index is 1.62. The molecule has 6 nitrogen and oxygen atoms in total. The summed E-state index contributed by atoms with van der Waals surface area (Å²) in [5.41, 5.74) is 1.16. The first-order valence-corrected chi connectivity index (χ1v) is 10.1. The van der Waals surface area contributed by atoms with Crippen LogP contribution in [0.3, 0.4) is 0 Å². The molecule has 164 valence electrons. The second kappa shape index (κ2) is 9.42. The fourth-order valence-corrected chi connectivity index (χ4v) is 3.95. The van der Waals surface area contributed by atoms with E-state index in [9.17, 15) is 27.6 Å². The van der Waals surface area contributed by atoms with Gasteiger partial charge in [-0.05, 0) is 35.7 Å². The smallest absolute Gasteiger partial charge is 0.416 e. The van der Waals surface area contributed by atoms with Crippen molar-refractivity contribution in [3.63, 3.8) is 0 Å². The average Bonchev–Trinajstić information content (AvgIpc) is 3.03. The summed E-state index contributed by atoms with van der Waals surface area (Å²) in [4.78, 5) is 35.5. The largest absolute Gasteiger partial charge is 0.496 e. The molecular formula is C21H19F3N2O4S. The molecule has 0 spiro atoms. The summed E-state index contributed by atoms with van der Waals surface area (Å²) in [5, 5.41) is 4.00. The van der Waals surface area contributed by atoms with E-state index in [1.807, 2.05) is 0 Å². The minimum atomic E-state index is -4.41. The molecule has 1 heterocycles. The van der Waals surface area contributed by atoms with Gasteiger partial charge in [-0.15, -0.1) is 0 Å². The molecule has 1 aliphatic heterocycles. The molecule has 1 unspecified atom stereocenters. The number of carbonyl (C=O) groups excluding carboxylic acids is 3. The molecule has 1 aliphatic rings. The van der Waals surface area contributed by atoms with E-state index < -0.39 is 17.0 Å². The van der Waals surface area contributed by atoms with Crippen LogP contribution in [-0.4, -0.2) is 29.4 Å². The topological polar surface area (TPSA) is 84.5 Å². The average molecular weight is 452 g/mol. The number of nitrogens with one attached hydrogen (secondary N) is 2. The van der Waals surface area contributed by atoms with Gasteiger partial charge in [0, 0.05) is 12.1 Å². The summed E-state index contributed by atoms with van der Waals surface area (Å²) in [5.74, 6) is -0.187. The van der Waals surface area contributed by atoms with Gasteiger partial charge in [0.25, 0.3) is 5.24 Å². The predicted octanol–water partition coefficient (Wildman–Crippen LogP) is 3.47. The van der Waals surface area contributed by atoms with E-state index >= 15 is 0 Å². The Morgan fingerprint density at radius 3 is 2.39 bits per heavy atom. The van der Waals surface area contributed by atoms with Crippen molar-refractivity contribution >= 4 is 28.8 Å². The molecule has 0 aromatic heterocycles. The molecule has 0 bridgehead atoms. The molecular weight excluding hydrogens is 433 g/mol. The lowest BCUT2D eigenvalue weighted by Gasteiger charge is -2.13. The highest BCUT2D eigenvalue weighted by atomic mass is 32.2. The fraction of sp³-hybridized carbons (Fsp3) is 0.286. The molecule has 0 saturated carbocycles. The normalized spacial score (nSPS) is 16.2. The van der Waals surface area contributed by atoms with Crippen LogP contribution in [0.25, 0.3) is 0 Å². The number of imide groups is 1. The first-order valence-electron chi connectivity index (χ1n) is 9.26. The molecule has 3 amide bonds. The number of methoxy groups -OCH3 is 1. The van der Waals surface area contributed by atoms with Crippen molar-refractivity contribution in [1.82, 2.24) is 10.6 Å². The zero-order chi connectivity index (χ0) is 22.6. The number of hydrogen-bond acceptors (Lipinski definition) is 5. The predicted molar refractivity (Wildman–Crippen MR) is 109 cm³/mol. The number of benzene rings is 2. The Bertz CT molecular complexity index is 993. The fourth-order valence-electron chi connectivity index (χ4n) is 3.09. The number of halogens is 3. The van der Waals surface area contributed by atoms with Crippen molar-refractivity contribution in [2.24, 2.45) is 0 Å². The maximum absolute atomic E-state index is 12.6. The maximum Gasteiger partial charge on any atom is 0.416 e. The van der Waals surface area contributed by atoms with E-state index in [1.165, 1.54) is 19.2 Å². The number of alkyl halides is 3. The van der Waals surface area contributed by atoms with Crippen LogP contribution in [0.2, 0.25) is 0 Å². The third kappa shape index (κ3) is 6.00. The summed E-state index contributed by atoms with van der Waals surface area (Å²) in [6, 6.07) is 9.76. The summed E-state index contributed by atoms with van der Waals surface area (Å²) in [6.07, 6.45) is -4.10. The van der Waals surface area contributed by atoms with Crippen molar-refractivity contribution in [1.29, 1.82) is 0 Å². The Kier molecular flexibility index (Phi) is 6.89. The maximum atomic E-state index is 12.6. The third-order valence-corrected chi connectivity index (χ3v) is 5.64. The van der Waals surface area contributed by atoms with Gasteiger partial charge in [0.15, 0.2) is 0 Å². The van der Waals surface area contributed by atoms with Crippen LogP contribution < -0.4 is 15.4 Å². The van der Waals surface area contributed by atoms with Gasteiger partial charge in [-0.1, -0.05) is 36.0 Å². The summed E-state index contributed by atoms with van der Waals surface area (Å²) in [6.45, 7) is 0.0833. The lowest BCUT2D eigenvalue weighted by atomic mass is 10.0. The monoisotopic (exact) mass is 452 g/mol. The highest BCUT2D eigenvalue weighted by Crippen LogP contribution is 2.29. The van der Waals surface area contributed by atoms with Crippen LogP contribution in [0.5, 0.6) is 5.75 Å². The van der Waals surface area contributed by atoms with Crippen molar-refractivity contribution in [2.75, 3.05) is 7.11 Å². The van der Waals surface area contributed by atoms with Crippen molar-refractivity contribution in [3.05, 3.63) is 64.7 Å². The minimum absolute atomic E-state index is 0.0133. The van der Waals surface area contributed by atoms with E-state index in [4.69, 9.17) is 4.74 Å². The van der Waals surface area contributed by atoms with E-state index in [-0.39, 0.29) is 30.0 Å². The van der Waals surface area contributed by atoms with Crippen molar-refractivity contribution in [2.45, 2.75) is 30.8 Å². The minimum Gasteiger partial charge on any atom is -0.496 e. The van der Waals surface area contributed by atoms with Gasteiger partial charge in [0.1, 0.15) is 5.75 Å². The zero-order valence-electron chi connectivity index (χ0n) is 16.4. The van der Waals surface area contributed by atoms with Gasteiger partial charge in [0.05, 0.1) is 24.3 Å². The first-order chi connectivity index (χ1) is 14.7. The highest BCUT2D eigenvalue weighted by molar-refractivity contribution is 8.15. The van der Waals surface area contributed by atoms with Crippen molar-refractivity contribution < 1.29 is 32.3 Å². The summed E-state index contributed by atoms with van der Waals surface area (Å²) < 4.78 is 43.2. The second-order valence-electron chi connectivity index (χ2n) is 6.88. The number of hydrogen-bond donors (Lipinski definition) is 2. The van der Waals surface area contributed by atoms with E-state index in [1.54, 1.807) is 18.2 Å². The third-order valence-electron chi connectivity index (χ3n) is 4.65. The standard InChI is InChI=1S/C21H19F3N2O4S/c1-30-16-7-4-13(9-17-19(28)26-20(29)31-17)8-14(16)10-18(27)25-11-12-2-5-15(6-3-12)21(22,23)24/h2-8,17H,9-11H2,1H3,(H,25,27)(H,26,28,29). The number of carbonyl (C=O) groups is 3. The molecule has 0 radical (unpaired) electrons. The van der Waals surface area contributed by atoms with Crippen LogP contribution in [0.1, 0.15) is 22.3 Å². The number of ether oxygens (including phenoxy) is 1. The molecule has 1 atom stereocenters. The summed E-state index contributed by atoms with van der Waals surface area (Å²) in [7, 11) is 1.47. The highest BCUT2D eigenvalue weighted by Gasteiger charge is 2.32. The Morgan fingerprint density at radius 2 is 1.81 bits per heavy atom. The molecule has 1 saturated heterocycles. The van der Waals surface area contributed by atoms with Gasteiger partial charge >= 0.3 is 6.18 Å². The number of amides is 3. The van der Waals surface area contributed by atoms with Crippen LogP contribution in [0.4, 0.5) is 18.0 Å². The Hall–Kier alpha value is -3.01. The van der Waals surface area contributed by atoms with E-state index in [0.29, 0.717) is 23.3 Å². The molecule has 2 N–H and O–H groups in total. The van der Waals surface area contributed by atoms with Crippen LogP contribution in [0.15, 0.2) is 42.5 Å². The number of thioether (sulfide) groups is 1. The SMILES string of the molecule is COc1ccc(CC2SC(=O)NC2=O)cc1CC(=O)NCc1ccc(C(F)(F)F)cc1. The van der Waals surface area contributed by atoms with Gasteiger partial charge in [-0.25, -0.2) is 0 Å². The second-order valence-corrected chi connectivity index (χ2v) is 8.06.